The van der Waals surface area contributed by atoms with Gasteiger partial charge in [0.25, 0.3) is 5.91 Å². The number of nitrogen functional groups attached to an aromatic ring is 1. The number of amides is 2. The molecule has 3 aromatic rings. The van der Waals surface area contributed by atoms with Gasteiger partial charge in [0.05, 0.1) is 16.3 Å². The number of pyridine rings is 1. The lowest BCUT2D eigenvalue weighted by molar-refractivity contribution is -0.105. The lowest BCUT2D eigenvalue weighted by atomic mass is 10.1. The molecule has 154 valence electrons. The minimum absolute atomic E-state index is 0.125. The number of carbonyl (C=O) groups excluding carboxylic acids is 2. The predicted octanol–water partition coefficient (Wildman–Crippen LogP) is 4.14. The number of aromatic nitrogens is 1. The fourth-order valence-corrected chi connectivity index (χ4v) is 2.51. The van der Waals surface area contributed by atoms with Gasteiger partial charge in [0.1, 0.15) is 11.7 Å². The second kappa shape index (κ2) is 10.7. The molecule has 0 unspecified atom stereocenters. The Bertz CT molecular complexity index is 1030. The second-order valence-corrected chi connectivity index (χ2v) is 6.84. The standard InChI is InChI=1S/C14H12ClN3O2.C8H10N2/c1-9-2-4-12(17-8-19)11(6-9)14(20)18-13-5-3-10(15)7-16-13;1-6-2-4-7(5-3-6)8(9)10/h2-8H,1H3,(H,17,19)(H,16,18,20);2-5H,1H3,(H3,9,10). The number of nitrogens with zero attached hydrogens (tertiary/aromatic N) is 1. The molecule has 8 heteroatoms. The Kier molecular flexibility index (Phi) is 8.08. The number of rotatable bonds is 5. The predicted molar refractivity (Wildman–Crippen MR) is 120 cm³/mol. The summed E-state index contributed by atoms with van der Waals surface area (Å²) in [6, 6.07) is 16.0. The number of nitrogens with two attached hydrogens (primary N) is 1. The van der Waals surface area contributed by atoms with E-state index in [0.717, 1.165) is 11.1 Å². The number of nitrogens with one attached hydrogen (secondary N) is 3. The molecule has 0 radical (unpaired) electrons. The van der Waals surface area contributed by atoms with E-state index in [1.54, 1.807) is 24.3 Å². The van der Waals surface area contributed by atoms with Crippen molar-refractivity contribution >= 4 is 41.3 Å². The number of amidine groups is 1. The van der Waals surface area contributed by atoms with Gasteiger partial charge < -0.3 is 16.4 Å². The van der Waals surface area contributed by atoms with Crippen LogP contribution in [0.25, 0.3) is 0 Å². The molecule has 0 spiro atoms. The summed E-state index contributed by atoms with van der Waals surface area (Å²) in [6.45, 7) is 3.87. The van der Waals surface area contributed by atoms with E-state index in [9.17, 15) is 9.59 Å². The van der Waals surface area contributed by atoms with Crippen molar-refractivity contribution < 1.29 is 9.59 Å². The van der Waals surface area contributed by atoms with Crippen LogP contribution in [0.15, 0.2) is 60.8 Å². The number of aryl methyl sites for hydroxylation is 2. The van der Waals surface area contributed by atoms with Crippen molar-refractivity contribution in [2.45, 2.75) is 13.8 Å². The van der Waals surface area contributed by atoms with Crippen molar-refractivity contribution in [1.29, 1.82) is 5.41 Å². The van der Waals surface area contributed by atoms with E-state index in [2.05, 4.69) is 15.6 Å². The molecule has 2 aromatic carbocycles. The van der Waals surface area contributed by atoms with Crippen LogP contribution >= 0.6 is 11.6 Å². The zero-order valence-electron chi connectivity index (χ0n) is 16.6. The Balaban J connectivity index is 0.000000269. The summed E-state index contributed by atoms with van der Waals surface area (Å²) in [5.41, 5.74) is 8.94. The number of carbonyl (C=O) groups is 2. The van der Waals surface area contributed by atoms with Gasteiger partial charge in [-0.15, -0.1) is 0 Å². The molecule has 30 heavy (non-hydrogen) atoms. The number of halogens is 1. The summed E-state index contributed by atoms with van der Waals surface area (Å²) in [7, 11) is 0. The van der Waals surface area contributed by atoms with E-state index in [1.165, 1.54) is 11.8 Å². The van der Waals surface area contributed by atoms with Gasteiger partial charge in [-0.2, -0.15) is 0 Å². The summed E-state index contributed by atoms with van der Waals surface area (Å²) in [5.74, 6) is 0.158. The van der Waals surface area contributed by atoms with Gasteiger partial charge >= 0.3 is 0 Å². The van der Waals surface area contributed by atoms with Crippen LogP contribution in [-0.2, 0) is 4.79 Å². The first-order valence-corrected chi connectivity index (χ1v) is 9.32. The molecule has 7 nitrogen and oxygen atoms in total. The molecule has 5 N–H and O–H groups in total. The first-order valence-electron chi connectivity index (χ1n) is 8.95. The molecule has 0 aliphatic rings. The molecule has 0 aliphatic heterocycles. The fourth-order valence-electron chi connectivity index (χ4n) is 2.40. The van der Waals surface area contributed by atoms with Gasteiger partial charge in [0, 0.05) is 11.8 Å². The highest BCUT2D eigenvalue weighted by Crippen LogP contribution is 2.19. The van der Waals surface area contributed by atoms with Crippen molar-refractivity contribution in [2.24, 2.45) is 5.73 Å². The van der Waals surface area contributed by atoms with Gasteiger partial charge in [-0.25, -0.2) is 4.98 Å². The van der Waals surface area contributed by atoms with Crippen LogP contribution < -0.4 is 16.4 Å². The molecule has 0 saturated carbocycles. The van der Waals surface area contributed by atoms with E-state index in [-0.39, 0.29) is 11.7 Å². The molecule has 1 aromatic heterocycles. The van der Waals surface area contributed by atoms with Crippen molar-refractivity contribution in [3.63, 3.8) is 0 Å². The molecular weight excluding hydrogens is 402 g/mol. The first-order chi connectivity index (χ1) is 14.3. The van der Waals surface area contributed by atoms with Crippen molar-refractivity contribution in [3.8, 4) is 0 Å². The van der Waals surface area contributed by atoms with E-state index in [1.807, 2.05) is 44.2 Å². The summed E-state index contributed by atoms with van der Waals surface area (Å²) in [6.07, 6.45) is 1.97. The van der Waals surface area contributed by atoms with Crippen molar-refractivity contribution in [1.82, 2.24) is 4.98 Å². The van der Waals surface area contributed by atoms with E-state index >= 15 is 0 Å². The third-order valence-corrected chi connectivity index (χ3v) is 4.19. The fraction of sp³-hybridized carbons (Fsp3) is 0.0909. The molecule has 3 rings (SSSR count). The third-order valence-electron chi connectivity index (χ3n) is 3.97. The molecule has 0 aliphatic carbocycles. The van der Waals surface area contributed by atoms with E-state index < -0.39 is 0 Å². The molecule has 0 saturated heterocycles. The summed E-state index contributed by atoms with van der Waals surface area (Å²) in [5, 5.41) is 12.7. The molecular formula is C22H22ClN5O2. The smallest absolute Gasteiger partial charge is 0.258 e. The van der Waals surface area contributed by atoms with Crippen LogP contribution in [0.2, 0.25) is 5.02 Å². The Morgan fingerprint density at radius 1 is 1.07 bits per heavy atom. The van der Waals surface area contributed by atoms with Gasteiger partial charge in [-0.3, -0.25) is 15.0 Å². The molecule has 0 bridgehead atoms. The normalized spacial score (nSPS) is 9.70. The van der Waals surface area contributed by atoms with Crippen molar-refractivity contribution in [3.05, 3.63) is 88.1 Å². The van der Waals surface area contributed by atoms with Crippen LogP contribution in [-0.4, -0.2) is 23.1 Å². The highest BCUT2D eigenvalue weighted by atomic mass is 35.5. The minimum atomic E-state index is -0.354. The zero-order valence-corrected chi connectivity index (χ0v) is 17.3. The highest BCUT2D eigenvalue weighted by Gasteiger charge is 2.12. The highest BCUT2D eigenvalue weighted by molar-refractivity contribution is 6.30. The van der Waals surface area contributed by atoms with E-state index in [4.69, 9.17) is 22.7 Å². The Morgan fingerprint density at radius 2 is 1.73 bits per heavy atom. The number of benzene rings is 2. The number of hydrogen-bond acceptors (Lipinski definition) is 4. The topological polar surface area (TPSA) is 121 Å². The summed E-state index contributed by atoms with van der Waals surface area (Å²) >= 11 is 5.73. The summed E-state index contributed by atoms with van der Waals surface area (Å²) in [4.78, 5) is 26.8. The monoisotopic (exact) mass is 423 g/mol. The maximum atomic E-state index is 12.2. The molecule has 0 fully saturated rings. The molecule has 1 heterocycles. The first kappa shape index (κ1) is 22.6. The minimum Gasteiger partial charge on any atom is -0.384 e. The third kappa shape index (κ3) is 6.72. The number of hydrogen-bond donors (Lipinski definition) is 4. The molecule has 2 amide bonds. The van der Waals surface area contributed by atoms with Crippen LogP contribution in [0.3, 0.4) is 0 Å². The maximum Gasteiger partial charge on any atom is 0.258 e. The van der Waals surface area contributed by atoms with E-state index in [0.29, 0.717) is 28.5 Å². The lowest BCUT2D eigenvalue weighted by Crippen LogP contribution is -2.15. The van der Waals surface area contributed by atoms with Gasteiger partial charge in [-0.1, -0.05) is 53.1 Å². The average molecular weight is 424 g/mol. The van der Waals surface area contributed by atoms with Crippen LogP contribution in [0.5, 0.6) is 0 Å². The van der Waals surface area contributed by atoms with Gasteiger partial charge in [-0.05, 0) is 38.1 Å². The molecule has 0 atom stereocenters. The number of anilines is 2. The Hall–Kier alpha value is -3.71. The van der Waals surface area contributed by atoms with Gasteiger partial charge in [0.15, 0.2) is 0 Å². The Morgan fingerprint density at radius 3 is 2.30 bits per heavy atom. The largest absolute Gasteiger partial charge is 0.384 e. The zero-order chi connectivity index (χ0) is 22.1. The van der Waals surface area contributed by atoms with Crippen molar-refractivity contribution in [2.75, 3.05) is 10.6 Å². The van der Waals surface area contributed by atoms with Crippen LogP contribution in [0, 0.1) is 19.3 Å². The average Bonchev–Trinajstić information content (AvgIpc) is 2.72. The Labute approximate surface area is 179 Å². The maximum absolute atomic E-state index is 12.2. The van der Waals surface area contributed by atoms with Crippen LogP contribution in [0.4, 0.5) is 11.5 Å². The summed E-state index contributed by atoms with van der Waals surface area (Å²) < 4.78 is 0. The lowest BCUT2D eigenvalue weighted by Gasteiger charge is -2.09. The van der Waals surface area contributed by atoms with Crippen LogP contribution in [0.1, 0.15) is 27.0 Å². The van der Waals surface area contributed by atoms with Gasteiger partial charge in [0.2, 0.25) is 6.41 Å². The quantitative estimate of drug-likeness (QED) is 0.280. The SMILES string of the molecule is Cc1ccc(C(=N)N)cc1.Cc1ccc(NC=O)c(C(=O)Nc2ccc(Cl)cn2)c1. The second-order valence-electron chi connectivity index (χ2n) is 6.41.